The second kappa shape index (κ2) is 6.55. The molecule has 0 aliphatic rings. The quantitative estimate of drug-likeness (QED) is 0.546. The fourth-order valence-corrected chi connectivity index (χ4v) is 3.24. The zero-order chi connectivity index (χ0) is 18.3. The SMILES string of the molecule is N=c1ncn(Cc2c(Cl)cccc2Cl)c2nc(-c3cccc(F)c3)[nH]c12. The predicted molar refractivity (Wildman–Crippen MR) is 98.7 cm³/mol. The Morgan fingerprint density at radius 3 is 2.58 bits per heavy atom. The van der Waals surface area contributed by atoms with Gasteiger partial charge in [-0.1, -0.05) is 41.4 Å². The molecule has 0 spiro atoms. The minimum absolute atomic E-state index is 0.0525. The predicted octanol–water partition coefficient (Wildman–Crippen LogP) is 4.40. The molecule has 0 saturated heterocycles. The van der Waals surface area contributed by atoms with Crippen LogP contribution in [0, 0.1) is 11.2 Å². The molecule has 8 heteroatoms. The highest BCUT2D eigenvalue weighted by molar-refractivity contribution is 6.36. The van der Waals surface area contributed by atoms with Crippen LogP contribution >= 0.6 is 23.2 Å². The average Bonchev–Trinajstić information content (AvgIpc) is 3.07. The van der Waals surface area contributed by atoms with E-state index < -0.39 is 0 Å². The van der Waals surface area contributed by atoms with Crippen LogP contribution in [0.25, 0.3) is 22.6 Å². The molecule has 2 heterocycles. The van der Waals surface area contributed by atoms with Crippen molar-refractivity contribution in [1.82, 2.24) is 19.5 Å². The van der Waals surface area contributed by atoms with Gasteiger partial charge in [0, 0.05) is 21.2 Å². The van der Waals surface area contributed by atoms with Gasteiger partial charge in [-0.2, -0.15) is 0 Å². The molecule has 4 rings (SSSR count). The Bertz CT molecular complexity index is 1160. The lowest BCUT2D eigenvalue weighted by molar-refractivity contribution is 0.628. The van der Waals surface area contributed by atoms with Gasteiger partial charge in [0.2, 0.25) is 0 Å². The van der Waals surface area contributed by atoms with Crippen molar-refractivity contribution in [1.29, 1.82) is 5.41 Å². The summed E-state index contributed by atoms with van der Waals surface area (Å²) >= 11 is 12.5. The standard InChI is InChI=1S/C18H12Cl2FN5/c19-13-5-2-6-14(20)12(13)8-26-9-23-16(22)15-18(26)25-17(24-15)10-3-1-4-11(21)7-10/h1-7,9,22H,8H2,(H,24,25). The van der Waals surface area contributed by atoms with Gasteiger partial charge in [0.15, 0.2) is 11.1 Å². The zero-order valence-electron chi connectivity index (χ0n) is 13.3. The molecule has 0 atom stereocenters. The Hall–Kier alpha value is -2.70. The monoisotopic (exact) mass is 387 g/mol. The van der Waals surface area contributed by atoms with Crippen LogP contribution in [0.1, 0.15) is 5.56 Å². The number of fused-ring (bicyclic) bond motifs is 1. The van der Waals surface area contributed by atoms with Gasteiger partial charge in [-0.3, -0.25) is 5.41 Å². The minimum atomic E-state index is -0.358. The van der Waals surface area contributed by atoms with Crippen molar-refractivity contribution >= 4 is 34.4 Å². The third-order valence-electron chi connectivity index (χ3n) is 4.01. The van der Waals surface area contributed by atoms with Crippen LogP contribution in [0.2, 0.25) is 10.0 Å². The van der Waals surface area contributed by atoms with Crippen LogP contribution < -0.4 is 5.49 Å². The fourth-order valence-electron chi connectivity index (χ4n) is 2.73. The summed E-state index contributed by atoms with van der Waals surface area (Å²) < 4.78 is 15.3. The van der Waals surface area contributed by atoms with Gasteiger partial charge in [-0.15, -0.1) is 0 Å². The number of aromatic nitrogens is 4. The van der Waals surface area contributed by atoms with E-state index in [2.05, 4.69) is 15.0 Å². The molecule has 0 saturated carbocycles. The van der Waals surface area contributed by atoms with Crippen molar-refractivity contribution in [2.45, 2.75) is 6.54 Å². The molecular formula is C18H12Cl2FN5. The van der Waals surface area contributed by atoms with Gasteiger partial charge >= 0.3 is 0 Å². The van der Waals surface area contributed by atoms with Crippen LogP contribution in [0.4, 0.5) is 4.39 Å². The Kier molecular flexibility index (Phi) is 4.22. The molecule has 0 radical (unpaired) electrons. The maximum Gasteiger partial charge on any atom is 0.173 e. The first-order valence-corrected chi connectivity index (χ1v) is 8.47. The van der Waals surface area contributed by atoms with Gasteiger partial charge in [-0.25, -0.2) is 14.4 Å². The van der Waals surface area contributed by atoms with E-state index >= 15 is 0 Å². The summed E-state index contributed by atoms with van der Waals surface area (Å²) in [6.45, 7) is 0.343. The summed E-state index contributed by atoms with van der Waals surface area (Å²) in [5.41, 5.74) is 2.34. The lowest BCUT2D eigenvalue weighted by atomic mass is 10.2. The van der Waals surface area contributed by atoms with Crippen LogP contribution in [0.15, 0.2) is 48.8 Å². The van der Waals surface area contributed by atoms with Crippen LogP contribution in [0.3, 0.4) is 0 Å². The van der Waals surface area contributed by atoms with Crippen molar-refractivity contribution < 1.29 is 4.39 Å². The van der Waals surface area contributed by atoms with Gasteiger partial charge in [-0.05, 0) is 24.3 Å². The normalized spacial score (nSPS) is 11.2. The molecule has 0 aliphatic carbocycles. The van der Waals surface area contributed by atoms with Crippen molar-refractivity contribution in [2.24, 2.45) is 0 Å². The first kappa shape index (κ1) is 16.8. The van der Waals surface area contributed by atoms with E-state index in [1.807, 2.05) is 0 Å². The number of nitrogens with one attached hydrogen (secondary N) is 2. The van der Waals surface area contributed by atoms with Gasteiger partial charge in [0.05, 0.1) is 12.9 Å². The number of imidazole rings is 1. The summed E-state index contributed by atoms with van der Waals surface area (Å²) in [5, 5.41) is 9.09. The van der Waals surface area contributed by atoms with E-state index in [-0.39, 0.29) is 11.3 Å². The van der Waals surface area contributed by atoms with Crippen LogP contribution in [-0.2, 0) is 6.54 Å². The van der Waals surface area contributed by atoms with E-state index in [0.29, 0.717) is 39.1 Å². The van der Waals surface area contributed by atoms with E-state index in [0.717, 1.165) is 5.56 Å². The molecule has 2 aromatic heterocycles. The second-order valence-corrected chi connectivity index (χ2v) is 6.53. The maximum atomic E-state index is 13.5. The van der Waals surface area contributed by atoms with Crippen LogP contribution in [-0.4, -0.2) is 19.5 Å². The largest absolute Gasteiger partial charge is 0.334 e. The highest BCUT2D eigenvalue weighted by Crippen LogP contribution is 2.26. The number of benzene rings is 2. The van der Waals surface area contributed by atoms with Crippen LogP contribution in [0.5, 0.6) is 0 Å². The Balaban J connectivity index is 1.86. The van der Waals surface area contributed by atoms with E-state index in [1.165, 1.54) is 18.5 Å². The molecule has 26 heavy (non-hydrogen) atoms. The lowest BCUT2D eigenvalue weighted by Gasteiger charge is -2.10. The number of H-pyrrole nitrogens is 1. The van der Waals surface area contributed by atoms with Crippen molar-refractivity contribution in [3.05, 3.63) is 75.7 Å². The molecular weight excluding hydrogens is 376 g/mol. The highest BCUT2D eigenvalue weighted by Gasteiger charge is 2.13. The van der Waals surface area contributed by atoms with Crippen molar-refractivity contribution in [3.63, 3.8) is 0 Å². The molecule has 0 amide bonds. The number of aromatic amines is 1. The average molecular weight is 388 g/mol. The molecule has 0 fully saturated rings. The smallest absolute Gasteiger partial charge is 0.173 e. The fraction of sp³-hybridized carbons (Fsp3) is 0.0556. The summed E-state index contributed by atoms with van der Waals surface area (Å²) in [4.78, 5) is 11.7. The Morgan fingerprint density at radius 2 is 1.85 bits per heavy atom. The third kappa shape index (κ3) is 2.98. The Morgan fingerprint density at radius 1 is 1.12 bits per heavy atom. The first-order chi connectivity index (χ1) is 12.5. The van der Waals surface area contributed by atoms with Crippen molar-refractivity contribution in [3.8, 4) is 11.4 Å². The number of hydrogen-bond donors (Lipinski definition) is 2. The Labute approximate surface area is 157 Å². The topological polar surface area (TPSA) is 70.3 Å². The molecule has 2 N–H and O–H groups in total. The molecule has 4 aromatic rings. The lowest BCUT2D eigenvalue weighted by Crippen LogP contribution is -2.13. The van der Waals surface area contributed by atoms with E-state index in [4.69, 9.17) is 28.6 Å². The van der Waals surface area contributed by atoms with Gasteiger partial charge in [0.1, 0.15) is 17.2 Å². The third-order valence-corrected chi connectivity index (χ3v) is 4.72. The highest BCUT2D eigenvalue weighted by atomic mass is 35.5. The summed E-state index contributed by atoms with van der Waals surface area (Å²) in [6, 6.07) is 11.4. The molecule has 0 aliphatic heterocycles. The van der Waals surface area contributed by atoms with Gasteiger partial charge in [0.25, 0.3) is 0 Å². The van der Waals surface area contributed by atoms with Crippen molar-refractivity contribution in [2.75, 3.05) is 0 Å². The molecule has 5 nitrogen and oxygen atoms in total. The summed E-state index contributed by atoms with van der Waals surface area (Å²) in [6.07, 6.45) is 1.51. The summed E-state index contributed by atoms with van der Waals surface area (Å²) in [5.74, 6) is 0.0999. The summed E-state index contributed by atoms with van der Waals surface area (Å²) in [7, 11) is 0. The first-order valence-electron chi connectivity index (χ1n) is 7.71. The molecule has 2 aromatic carbocycles. The molecule has 0 bridgehead atoms. The van der Waals surface area contributed by atoms with E-state index in [1.54, 1.807) is 34.9 Å². The van der Waals surface area contributed by atoms with E-state index in [9.17, 15) is 4.39 Å². The minimum Gasteiger partial charge on any atom is -0.334 e. The number of rotatable bonds is 3. The number of nitrogens with zero attached hydrogens (tertiary/aromatic N) is 3. The maximum absolute atomic E-state index is 13.5. The zero-order valence-corrected chi connectivity index (χ0v) is 14.8. The van der Waals surface area contributed by atoms with Gasteiger partial charge < -0.3 is 9.55 Å². The number of hydrogen-bond acceptors (Lipinski definition) is 3. The number of halogens is 3. The second-order valence-electron chi connectivity index (χ2n) is 5.72. The molecule has 0 unspecified atom stereocenters. The molecule has 130 valence electrons.